The van der Waals surface area contributed by atoms with Crippen LogP contribution in [0.25, 0.3) is 0 Å². The SMILES string of the molecule is CC(C)(C)c1ccc(C(=O)NCC(=O)NCc2ccc(C(N)=O)cc2)cc1. The molecule has 0 radical (unpaired) electrons. The fourth-order valence-electron chi connectivity index (χ4n) is 2.43. The van der Waals surface area contributed by atoms with Crippen molar-refractivity contribution in [2.75, 3.05) is 6.54 Å². The van der Waals surface area contributed by atoms with E-state index in [1.54, 1.807) is 36.4 Å². The number of carbonyl (C=O) groups is 3. The maximum atomic E-state index is 12.2. The van der Waals surface area contributed by atoms with Crippen LogP contribution in [0, 0.1) is 0 Å². The molecule has 0 aliphatic rings. The number of hydrogen-bond donors (Lipinski definition) is 3. The summed E-state index contributed by atoms with van der Waals surface area (Å²) in [5.41, 5.74) is 8.09. The normalized spacial score (nSPS) is 10.9. The van der Waals surface area contributed by atoms with Gasteiger partial charge in [0, 0.05) is 17.7 Å². The van der Waals surface area contributed by atoms with E-state index in [0.717, 1.165) is 11.1 Å². The van der Waals surface area contributed by atoms with E-state index in [1.165, 1.54) is 0 Å². The molecule has 4 N–H and O–H groups in total. The van der Waals surface area contributed by atoms with E-state index in [-0.39, 0.29) is 23.8 Å². The summed E-state index contributed by atoms with van der Waals surface area (Å²) in [5.74, 6) is -1.09. The zero-order valence-electron chi connectivity index (χ0n) is 15.8. The van der Waals surface area contributed by atoms with Crippen molar-refractivity contribution in [2.24, 2.45) is 5.73 Å². The minimum Gasteiger partial charge on any atom is -0.366 e. The van der Waals surface area contributed by atoms with Crippen LogP contribution in [-0.4, -0.2) is 24.3 Å². The van der Waals surface area contributed by atoms with Crippen molar-refractivity contribution < 1.29 is 14.4 Å². The first kappa shape index (κ1) is 20.2. The van der Waals surface area contributed by atoms with Gasteiger partial charge in [-0.1, -0.05) is 45.0 Å². The first-order chi connectivity index (χ1) is 12.7. The van der Waals surface area contributed by atoms with Gasteiger partial charge in [0.1, 0.15) is 0 Å². The van der Waals surface area contributed by atoms with E-state index in [1.807, 2.05) is 12.1 Å². The predicted molar refractivity (Wildman–Crippen MR) is 104 cm³/mol. The minimum absolute atomic E-state index is 0.0184. The molecule has 3 amide bonds. The third-order valence-electron chi connectivity index (χ3n) is 4.15. The third-order valence-corrected chi connectivity index (χ3v) is 4.15. The Hall–Kier alpha value is -3.15. The van der Waals surface area contributed by atoms with E-state index in [4.69, 9.17) is 5.73 Å². The van der Waals surface area contributed by atoms with Gasteiger partial charge in [-0.15, -0.1) is 0 Å². The molecule has 6 heteroatoms. The molecule has 0 heterocycles. The fraction of sp³-hybridized carbons (Fsp3) is 0.286. The van der Waals surface area contributed by atoms with Crippen molar-refractivity contribution in [3.05, 3.63) is 70.8 Å². The Kier molecular flexibility index (Phi) is 6.34. The smallest absolute Gasteiger partial charge is 0.251 e. The van der Waals surface area contributed by atoms with Gasteiger partial charge in [-0.2, -0.15) is 0 Å². The number of amides is 3. The molecule has 142 valence electrons. The lowest BCUT2D eigenvalue weighted by molar-refractivity contribution is -0.120. The maximum Gasteiger partial charge on any atom is 0.251 e. The van der Waals surface area contributed by atoms with Gasteiger partial charge in [-0.05, 0) is 40.8 Å². The molecule has 0 bridgehead atoms. The highest BCUT2D eigenvalue weighted by Crippen LogP contribution is 2.22. The van der Waals surface area contributed by atoms with E-state index < -0.39 is 5.91 Å². The van der Waals surface area contributed by atoms with Crippen LogP contribution < -0.4 is 16.4 Å². The maximum absolute atomic E-state index is 12.2. The highest BCUT2D eigenvalue weighted by molar-refractivity contribution is 5.96. The molecule has 6 nitrogen and oxygen atoms in total. The topological polar surface area (TPSA) is 101 Å². The molecule has 0 atom stereocenters. The van der Waals surface area contributed by atoms with Crippen molar-refractivity contribution >= 4 is 17.7 Å². The van der Waals surface area contributed by atoms with Crippen molar-refractivity contribution in [2.45, 2.75) is 32.7 Å². The third kappa shape index (κ3) is 5.95. The van der Waals surface area contributed by atoms with E-state index in [2.05, 4.69) is 31.4 Å². The Morgan fingerprint density at radius 1 is 0.852 bits per heavy atom. The van der Waals surface area contributed by atoms with Crippen molar-refractivity contribution in [1.82, 2.24) is 10.6 Å². The second-order valence-corrected chi connectivity index (χ2v) is 7.35. The molecule has 0 saturated carbocycles. The molecular formula is C21H25N3O3. The van der Waals surface area contributed by atoms with Crippen LogP contribution in [0.3, 0.4) is 0 Å². The lowest BCUT2D eigenvalue weighted by Crippen LogP contribution is -2.36. The molecule has 0 aliphatic heterocycles. The van der Waals surface area contributed by atoms with E-state index in [9.17, 15) is 14.4 Å². The Balaban J connectivity index is 1.81. The highest BCUT2D eigenvalue weighted by atomic mass is 16.2. The van der Waals surface area contributed by atoms with Gasteiger partial charge in [0.25, 0.3) is 5.91 Å². The number of nitrogens with one attached hydrogen (secondary N) is 2. The Labute approximate surface area is 159 Å². The Morgan fingerprint density at radius 2 is 1.41 bits per heavy atom. The monoisotopic (exact) mass is 367 g/mol. The standard InChI is InChI=1S/C21H25N3O3/c1-21(2,3)17-10-8-16(9-11-17)20(27)24-13-18(25)23-12-14-4-6-15(7-5-14)19(22)26/h4-11H,12-13H2,1-3H3,(H2,22,26)(H,23,25)(H,24,27). The summed E-state index contributed by atoms with van der Waals surface area (Å²) >= 11 is 0. The van der Waals surface area contributed by atoms with Crippen LogP contribution in [0.4, 0.5) is 0 Å². The Bertz CT molecular complexity index is 819. The summed E-state index contributed by atoms with van der Waals surface area (Å²) in [6.45, 7) is 6.50. The van der Waals surface area contributed by atoms with E-state index >= 15 is 0 Å². The van der Waals surface area contributed by atoms with Crippen LogP contribution >= 0.6 is 0 Å². The lowest BCUT2D eigenvalue weighted by atomic mass is 9.87. The molecule has 2 rings (SSSR count). The molecule has 2 aromatic rings. The first-order valence-corrected chi connectivity index (χ1v) is 8.71. The minimum atomic E-state index is -0.496. The van der Waals surface area contributed by atoms with Crippen LogP contribution in [0.5, 0.6) is 0 Å². The number of primary amides is 1. The van der Waals surface area contributed by atoms with Gasteiger partial charge in [-0.3, -0.25) is 14.4 Å². The van der Waals surface area contributed by atoms with Crippen molar-refractivity contribution in [1.29, 1.82) is 0 Å². The summed E-state index contributed by atoms with van der Waals surface area (Å²) in [5, 5.41) is 5.32. The highest BCUT2D eigenvalue weighted by Gasteiger charge is 2.14. The molecule has 0 saturated heterocycles. The molecule has 0 aromatic heterocycles. The number of rotatable bonds is 6. The summed E-state index contributed by atoms with van der Waals surface area (Å²) in [4.78, 5) is 35.1. The molecule has 2 aromatic carbocycles. The molecule has 0 spiro atoms. The van der Waals surface area contributed by atoms with Crippen LogP contribution in [0.2, 0.25) is 0 Å². The van der Waals surface area contributed by atoms with Crippen LogP contribution in [0.1, 0.15) is 52.6 Å². The van der Waals surface area contributed by atoms with Gasteiger partial charge in [-0.25, -0.2) is 0 Å². The summed E-state index contributed by atoms with van der Waals surface area (Å²) < 4.78 is 0. The lowest BCUT2D eigenvalue weighted by Gasteiger charge is -2.19. The fourth-order valence-corrected chi connectivity index (χ4v) is 2.43. The largest absolute Gasteiger partial charge is 0.366 e. The summed E-state index contributed by atoms with van der Waals surface area (Å²) in [6, 6.07) is 14.0. The van der Waals surface area contributed by atoms with Gasteiger partial charge in [0.2, 0.25) is 11.8 Å². The predicted octanol–water partition coefficient (Wildman–Crippen LogP) is 2.13. The molecule has 0 fully saturated rings. The summed E-state index contributed by atoms with van der Waals surface area (Å²) in [7, 11) is 0. The van der Waals surface area contributed by atoms with E-state index in [0.29, 0.717) is 17.7 Å². The molecule has 0 aliphatic carbocycles. The molecular weight excluding hydrogens is 342 g/mol. The van der Waals surface area contributed by atoms with Crippen LogP contribution in [0.15, 0.2) is 48.5 Å². The average molecular weight is 367 g/mol. The second-order valence-electron chi connectivity index (χ2n) is 7.35. The Morgan fingerprint density at radius 3 is 1.93 bits per heavy atom. The van der Waals surface area contributed by atoms with Gasteiger partial charge >= 0.3 is 0 Å². The average Bonchev–Trinajstić information content (AvgIpc) is 2.64. The van der Waals surface area contributed by atoms with Gasteiger partial charge in [0.15, 0.2) is 0 Å². The van der Waals surface area contributed by atoms with Gasteiger partial charge in [0.05, 0.1) is 6.54 Å². The van der Waals surface area contributed by atoms with Crippen molar-refractivity contribution in [3.63, 3.8) is 0 Å². The first-order valence-electron chi connectivity index (χ1n) is 8.71. The summed E-state index contributed by atoms with van der Waals surface area (Å²) in [6.07, 6.45) is 0. The number of carbonyl (C=O) groups excluding carboxylic acids is 3. The zero-order chi connectivity index (χ0) is 20.0. The zero-order valence-corrected chi connectivity index (χ0v) is 15.8. The van der Waals surface area contributed by atoms with Crippen LogP contribution in [-0.2, 0) is 16.8 Å². The number of hydrogen-bond acceptors (Lipinski definition) is 3. The molecule has 0 unspecified atom stereocenters. The van der Waals surface area contributed by atoms with Gasteiger partial charge < -0.3 is 16.4 Å². The number of benzene rings is 2. The quantitative estimate of drug-likeness (QED) is 0.729. The number of nitrogens with two attached hydrogens (primary N) is 1. The van der Waals surface area contributed by atoms with Crippen molar-refractivity contribution in [3.8, 4) is 0 Å². The molecule has 27 heavy (non-hydrogen) atoms. The second kappa shape index (κ2) is 8.49.